The third-order valence-corrected chi connectivity index (χ3v) is 6.01. The monoisotopic (exact) mass is 264 g/mol. The molecule has 1 aliphatic carbocycles. The smallest absolute Gasteiger partial charge is 0.0109 e. The molecule has 3 rings (SSSR count). The number of rotatable bonds is 3. The van der Waals surface area contributed by atoms with Gasteiger partial charge in [-0.15, -0.1) is 0 Å². The van der Waals surface area contributed by atoms with Gasteiger partial charge in [-0.3, -0.25) is 0 Å². The largest absolute Gasteiger partial charge is 0.302 e. The zero-order chi connectivity index (χ0) is 13.0. The summed E-state index contributed by atoms with van der Waals surface area (Å²) < 4.78 is 0. The molecule has 2 aliphatic heterocycles. The van der Waals surface area contributed by atoms with Gasteiger partial charge < -0.3 is 9.80 Å². The molecule has 0 amide bonds. The van der Waals surface area contributed by atoms with Gasteiger partial charge in [-0.2, -0.15) is 0 Å². The Morgan fingerprint density at radius 1 is 0.526 bits per heavy atom. The van der Waals surface area contributed by atoms with E-state index in [0.717, 1.165) is 5.41 Å². The lowest BCUT2D eigenvalue weighted by atomic mass is 9.68. The first-order valence-electron chi connectivity index (χ1n) is 8.81. The van der Waals surface area contributed by atoms with Gasteiger partial charge in [0, 0.05) is 13.1 Å². The summed E-state index contributed by atoms with van der Waals surface area (Å²) in [5, 5.41) is 0. The predicted molar refractivity (Wildman–Crippen MR) is 81.5 cm³/mol. The van der Waals surface area contributed by atoms with Crippen LogP contribution in [-0.2, 0) is 0 Å². The van der Waals surface area contributed by atoms with Crippen molar-refractivity contribution in [2.45, 2.75) is 64.2 Å². The van der Waals surface area contributed by atoms with Crippen molar-refractivity contribution in [2.24, 2.45) is 5.41 Å². The fourth-order valence-electron chi connectivity index (χ4n) is 4.52. The van der Waals surface area contributed by atoms with Crippen LogP contribution in [0.15, 0.2) is 0 Å². The Morgan fingerprint density at radius 2 is 1.05 bits per heavy atom. The molecule has 2 heterocycles. The van der Waals surface area contributed by atoms with Crippen LogP contribution in [0.2, 0.25) is 0 Å². The summed E-state index contributed by atoms with van der Waals surface area (Å²) in [4.78, 5) is 5.43. The molecule has 2 saturated heterocycles. The summed E-state index contributed by atoms with van der Waals surface area (Å²) in [5.74, 6) is 0. The summed E-state index contributed by atoms with van der Waals surface area (Å²) in [6.07, 6.45) is 14.9. The van der Waals surface area contributed by atoms with Crippen molar-refractivity contribution in [1.29, 1.82) is 0 Å². The third-order valence-electron chi connectivity index (χ3n) is 6.01. The molecule has 3 fully saturated rings. The van der Waals surface area contributed by atoms with E-state index < -0.39 is 0 Å². The van der Waals surface area contributed by atoms with Crippen molar-refractivity contribution in [3.8, 4) is 0 Å². The van der Waals surface area contributed by atoms with E-state index in [-0.39, 0.29) is 0 Å². The summed E-state index contributed by atoms with van der Waals surface area (Å²) in [6, 6.07) is 0. The summed E-state index contributed by atoms with van der Waals surface area (Å²) in [5.41, 5.74) is 0.778. The minimum Gasteiger partial charge on any atom is -0.302 e. The van der Waals surface area contributed by atoms with E-state index in [0.29, 0.717) is 0 Å². The zero-order valence-electron chi connectivity index (χ0n) is 12.7. The molecule has 2 heteroatoms. The molecule has 2 nitrogen and oxygen atoms in total. The summed E-state index contributed by atoms with van der Waals surface area (Å²) in [6.45, 7) is 8.14. The van der Waals surface area contributed by atoms with Gasteiger partial charge in [0.05, 0.1) is 0 Å². The Balaban J connectivity index is 1.37. The standard InChI is InChI=1S/C17H32N2/c1-3-7-17(8-4-1)9-13-19(14-10-17)16-15-18-11-5-2-6-12-18/h1-16H2. The van der Waals surface area contributed by atoms with E-state index in [2.05, 4.69) is 9.80 Å². The number of hydrogen-bond acceptors (Lipinski definition) is 2. The van der Waals surface area contributed by atoms with Crippen molar-refractivity contribution in [2.75, 3.05) is 39.3 Å². The second-order valence-corrected chi connectivity index (χ2v) is 7.30. The van der Waals surface area contributed by atoms with Crippen LogP contribution in [0.3, 0.4) is 0 Å². The molecule has 1 spiro atoms. The fraction of sp³-hybridized carbons (Fsp3) is 1.00. The molecular weight excluding hydrogens is 232 g/mol. The molecule has 110 valence electrons. The zero-order valence-corrected chi connectivity index (χ0v) is 12.7. The van der Waals surface area contributed by atoms with Crippen LogP contribution in [0.1, 0.15) is 64.2 Å². The first-order valence-corrected chi connectivity index (χ1v) is 8.81. The second-order valence-electron chi connectivity index (χ2n) is 7.30. The van der Waals surface area contributed by atoms with Crippen molar-refractivity contribution in [3.63, 3.8) is 0 Å². The molecule has 0 bridgehead atoms. The van der Waals surface area contributed by atoms with Crippen molar-refractivity contribution in [3.05, 3.63) is 0 Å². The van der Waals surface area contributed by atoms with Crippen LogP contribution in [-0.4, -0.2) is 49.1 Å². The van der Waals surface area contributed by atoms with Crippen LogP contribution in [0, 0.1) is 5.41 Å². The first kappa shape index (κ1) is 13.9. The highest BCUT2D eigenvalue weighted by Gasteiger charge is 2.35. The Labute approximate surface area is 119 Å². The van der Waals surface area contributed by atoms with E-state index in [1.54, 1.807) is 0 Å². The average Bonchev–Trinajstić information content (AvgIpc) is 2.49. The Morgan fingerprint density at radius 3 is 1.68 bits per heavy atom. The van der Waals surface area contributed by atoms with Gasteiger partial charge in [-0.1, -0.05) is 25.7 Å². The Hall–Kier alpha value is -0.0800. The average molecular weight is 264 g/mol. The van der Waals surface area contributed by atoms with Gasteiger partial charge >= 0.3 is 0 Å². The van der Waals surface area contributed by atoms with E-state index in [1.807, 2.05) is 0 Å². The minimum absolute atomic E-state index is 0.778. The maximum atomic E-state index is 2.74. The van der Waals surface area contributed by atoms with Gasteiger partial charge in [-0.05, 0) is 70.1 Å². The van der Waals surface area contributed by atoms with Gasteiger partial charge in [-0.25, -0.2) is 0 Å². The van der Waals surface area contributed by atoms with Gasteiger partial charge in [0.15, 0.2) is 0 Å². The molecule has 0 atom stereocenters. The van der Waals surface area contributed by atoms with Gasteiger partial charge in [0.1, 0.15) is 0 Å². The molecule has 3 aliphatic rings. The number of hydrogen-bond donors (Lipinski definition) is 0. The molecule has 0 unspecified atom stereocenters. The molecule has 0 radical (unpaired) electrons. The van der Waals surface area contributed by atoms with E-state index >= 15 is 0 Å². The first-order chi connectivity index (χ1) is 9.36. The quantitative estimate of drug-likeness (QED) is 0.769. The van der Waals surface area contributed by atoms with Crippen LogP contribution < -0.4 is 0 Å². The summed E-state index contributed by atoms with van der Waals surface area (Å²) >= 11 is 0. The predicted octanol–water partition coefficient (Wildman–Crippen LogP) is 3.52. The lowest BCUT2D eigenvalue weighted by molar-refractivity contribution is 0.0607. The topological polar surface area (TPSA) is 6.48 Å². The fourth-order valence-corrected chi connectivity index (χ4v) is 4.52. The van der Waals surface area contributed by atoms with Crippen LogP contribution in [0.5, 0.6) is 0 Å². The molecule has 1 saturated carbocycles. The summed E-state index contributed by atoms with van der Waals surface area (Å²) in [7, 11) is 0. The maximum Gasteiger partial charge on any atom is 0.0109 e. The van der Waals surface area contributed by atoms with Crippen LogP contribution >= 0.6 is 0 Å². The van der Waals surface area contributed by atoms with Gasteiger partial charge in [0.2, 0.25) is 0 Å². The SMILES string of the molecule is C1CCN(CCN2CCC3(CCCCC3)CC2)CC1. The molecular formula is C17H32N2. The van der Waals surface area contributed by atoms with Crippen molar-refractivity contribution in [1.82, 2.24) is 9.80 Å². The van der Waals surface area contributed by atoms with Gasteiger partial charge in [0.25, 0.3) is 0 Å². The van der Waals surface area contributed by atoms with Crippen LogP contribution in [0.25, 0.3) is 0 Å². The highest BCUT2D eigenvalue weighted by atomic mass is 15.2. The Kier molecular flexibility index (Phi) is 4.81. The van der Waals surface area contributed by atoms with E-state index in [4.69, 9.17) is 0 Å². The van der Waals surface area contributed by atoms with Crippen molar-refractivity contribution < 1.29 is 0 Å². The lowest BCUT2D eigenvalue weighted by Crippen LogP contribution is -2.44. The number of piperidine rings is 2. The lowest BCUT2D eigenvalue weighted by Gasteiger charge is -2.44. The van der Waals surface area contributed by atoms with Crippen molar-refractivity contribution >= 4 is 0 Å². The molecule has 0 aromatic carbocycles. The number of nitrogens with zero attached hydrogens (tertiary/aromatic N) is 2. The highest BCUT2D eigenvalue weighted by molar-refractivity contribution is 4.88. The highest BCUT2D eigenvalue weighted by Crippen LogP contribution is 2.44. The maximum absolute atomic E-state index is 2.74. The van der Waals surface area contributed by atoms with Crippen LogP contribution in [0.4, 0.5) is 0 Å². The Bertz CT molecular complexity index is 252. The second kappa shape index (κ2) is 6.58. The minimum atomic E-state index is 0.778. The third kappa shape index (κ3) is 3.72. The molecule has 0 aromatic rings. The normalized spacial score (nSPS) is 29.7. The molecule has 0 aromatic heterocycles. The van der Waals surface area contributed by atoms with E-state index in [9.17, 15) is 0 Å². The molecule has 0 N–H and O–H groups in total. The van der Waals surface area contributed by atoms with E-state index in [1.165, 1.54) is 103 Å². The molecule has 19 heavy (non-hydrogen) atoms. The number of likely N-dealkylation sites (tertiary alicyclic amines) is 2.